The molecule has 1 aromatic rings. The van der Waals surface area contributed by atoms with Gasteiger partial charge in [0.15, 0.2) is 11.5 Å². The van der Waals surface area contributed by atoms with Crippen LogP contribution in [0, 0.1) is 10.1 Å². The van der Waals surface area contributed by atoms with Crippen molar-refractivity contribution in [2.45, 2.75) is 6.42 Å². The molecule has 0 atom stereocenters. The van der Waals surface area contributed by atoms with E-state index >= 15 is 0 Å². The molecule has 0 heterocycles. The number of rotatable bonds is 8. The molecule has 0 aliphatic carbocycles. The molecule has 0 aliphatic heterocycles. The molecule has 0 aromatic heterocycles. The third-order valence-electron chi connectivity index (χ3n) is 2.35. The molecule has 0 aliphatic rings. The Morgan fingerprint density at radius 1 is 1.43 bits per heavy atom. The number of hydrogen-bond acceptors (Lipinski definition) is 7. The monoisotopic (exact) mass is 297 g/mol. The van der Waals surface area contributed by atoms with E-state index in [9.17, 15) is 20.0 Å². The van der Waals surface area contributed by atoms with Crippen molar-refractivity contribution in [1.82, 2.24) is 0 Å². The highest BCUT2D eigenvalue weighted by molar-refractivity contribution is 5.87. The zero-order valence-electron chi connectivity index (χ0n) is 11.4. The summed E-state index contributed by atoms with van der Waals surface area (Å²) in [6.07, 6.45) is 2.94. The fourth-order valence-corrected chi connectivity index (χ4v) is 1.38. The molecule has 8 nitrogen and oxygen atoms in total. The minimum Gasteiger partial charge on any atom is -0.504 e. The molecule has 0 radical (unpaired) electrons. The number of nitrogens with zero attached hydrogens (tertiary/aromatic N) is 1. The van der Waals surface area contributed by atoms with Crippen LogP contribution in [-0.2, 0) is 14.4 Å². The van der Waals surface area contributed by atoms with Gasteiger partial charge in [-0.25, -0.2) is 4.79 Å². The van der Waals surface area contributed by atoms with E-state index < -0.39 is 11.1 Å². The van der Waals surface area contributed by atoms with Crippen molar-refractivity contribution < 1.29 is 29.3 Å². The Hall–Kier alpha value is -2.77. The van der Waals surface area contributed by atoms with E-state index in [1.165, 1.54) is 25.3 Å². The maximum absolute atomic E-state index is 11.4. The Morgan fingerprint density at radius 2 is 2.19 bits per heavy atom. The van der Waals surface area contributed by atoms with Gasteiger partial charge in [-0.15, -0.1) is 10.1 Å². The van der Waals surface area contributed by atoms with E-state index in [4.69, 9.17) is 9.47 Å². The minimum absolute atomic E-state index is 0.00279. The Bertz CT molecular complexity index is 527. The minimum atomic E-state index is -0.903. The normalized spacial score (nSPS) is 10.3. The first-order chi connectivity index (χ1) is 10.0. The van der Waals surface area contributed by atoms with Gasteiger partial charge in [0.25, 0.3) is 5.09 Å². The van der Waals surface area contributed by atoms with Crippen LogP contribution in [0.3, 0.4) is 0 Å². The van der Waals surface area contributed by atoms with Gasteiger partial charge in [-0.3, -0.25) is 0 Å². The Labute approximate surface area is 120 Å². The van der Waals surface area contributed by atoms with Crippen molar-refractivity contribution >= 4 is 12.0 Å². The van der Waals surface area contributed by atoms with Gasteiger partial charge in [0.2, 0.25) is 0 Å². The highest BCUT2D eigenvalue weighted by atomic mass is 16.9. The molecule has 0 bridgehead atoms. The number of phenols is 1. The zero-order valence-corrected chi connectivity index (χ0v) is 11.4. The van der Waals surface area contributed by atoms with Gasteiger partial charge in [0.1, 0.15) is 0 Å². The molecule has 0 saturated heterocycles. The fraction of sp³-hybridized carbons (Fsp3) is 0.308. The summed E-state index contributed by atoms with van der Waals surface area (Å²) < 4.78 is 9.75. The van der Waals surface area contributed by atoms with Crippen molar-refractivity contribution in [1.29, 1.82) is 0 Å². The number of carbonyl (C=O) groups is 1. The smallest absolute Gasteiger partial charge is 0.330 e. The Balaban J connectivity index is 2.38. The first-order valence-electron chi connectivity index (χ1n) is 6.02. The fourth-order valence-electron chi connectivity index (χ4n) is 1.38. The van der Waals surface area contributed by atoms with Gasteiger partial charge in [-0.2, -0.15) is 0 Å². The summed E-state index contributed by atoms with van der Waals surface area (Å²) in [6.45, 7) is -0.102. The predicted molar refractivity (Wildman–Crippen MR) is 72.2 cm³/mol. The summed E-state index contributed by atoms with van der Waals surface area (Å²) in [5.41, 5.74) is 0.651. The summed E-state index contributed by atoms with van der Waals surface area (Å²) >= 11 is 0. The molecule has 1 N–H and O–H groups in total. The van der Waals surface area contributed by atoms with Crippen LogP contribution in [-0.4, -0.2) is 36.5 Å². The highest BCUT2D eigenvalue weighted by Crippen LogP contribution is 2.26. The van der Waals surface area contributed by atoms with Crippen molar-refractivity contribution in [3.05, 3.63) is 40.0 Å². The van der Waals surface area contributed by atoms with Crippen LogP contribution in [0.5, 0.6) is 11.5 Å². The Morgan fingerprint density at radius 3 is 2.86 bits per heavy atom. The molecule has 114 valence electrons. The van der Waals surface area contributed by atoms with E-state index in [1.54, 1.807) is 12.1 Å². The van der Waals surface area contributed by atoms with Gasteiger partial charge >= 0.3 is 5.97 Å². The molecule has 1 rings (SSSR count). The Kier molecular flexibility index (Phi) is 6.52. The number of aromatic hydroxyl groups is 1. The third kappa shape index (κ3) is 6.28. The summed E-state index contributed by atoms with van der Waals surface area (Å²) in [5.74, 6) is -0.284. The first-order valence-corrected chi connectivity index (χ1v) is 6.02. The second-order valence-electron chi connectivity index (χ2n) is 3.84. The highest BCUT2D eigenvalue weighted by Gasteiger charge is 2.02. The molecular formula is C13H15NO7. The number of benzene rings is 1. The third-order valence-corrected chi connectivity index (χ3v) is 2.35. The van der Waals surface area contributed by atoms with Crippen LogP contribution in [0.25, 0.3) is 6.08 Å². The molecule has 0 spiro atoms. The topological polar surface area (TPSA) is 108 Å². The van der Waals surface area contributed by atoms with Gasteiger partial charge in [0, 0.05) is 12.5 Å². The second kappa shape index (κ2) is 8.41. The zero-order chi connectivity index (χ0) is 15.7. The molecule has 1 aromatic carbocycles. The van der Waals surface area contributed by atoms with Crippen LogP contribution in [0.1, 0.15) is 12.0 Å². The van der Waals surface area contributed by atoms with Crippen LogP contribution >= 0.6 is 0 Å². The van der Waals surface area contributed by atoms with Crippen molar-refractivity contribution in [3.8, 4) is 11.5 Å². The van der Waals surface area contributed by atoms with Gasteiger partial charge in [-0.05, 0) is 23.8 Å². The molecule has 0 amide bonds. The van der Waals surface area contributed by atoms with Gasteiger partial charge in [0.05, 0.1) is 20.3 Å². The summed E-state index contributed by atoms with van der Waals surface area (Å²) in [7, 11) is 1.42. The maximum Gasteiger partial charge on any atom is 0.330 e. The van der Waals surface area contributed by atoms with Crippen LogP contribution in [0.4, 0.5) is 0 Å². The molecule has 0 fully saturated rings. The molecule has 21 heavy (non-hydrogen) atoms. The van der Waals surface area contributed by atoms with E-state index in [0.29, 0.717) is 11.3 Å². The van der Waals surface area contributed by atoms with E-state index in [2.05, 4.69) is 4.84 Å². The lowest BCUT2D eigenvalue weighted by Crippen LogP contribution is -2.07. The van der Waals surface area contributed by atoms with E-state index in [-0.39, 0.29) is 25.4 Å². The molecular weight excluding hydrogens is 282 g/mol. The molecule has 0 saturated carbocycles. The quantitative estimate of drug-likeness (QED) is 0.255. The summed E-state index contributed by atoms with van der Waals surface area (Å²) in [6, 6.07) is 4.61. The van der Waals surface area contributed by atoms with Crippen LogP contribution in [0.15, 0.2) is 24.3 Å². The molecule has 0 unspecified atom stereocenters. The SMILES string of the molecule is COc1cc(C=CC(=O)OCCCO[N+](=O)[O-])ccc1O. The largest absolute Gasteiger partial charge is 0.504 e. The standard InChI is InChI=1S/C13H15NO7/c1-19-12-9-10(3-5-11(12)15)4-6-13(16)20-7-2-8-21-14(17)18/h3-6,9,15H,2,7-8H2,1H3. The van der Waals surface area contributed by atoms with Crippen LogP contribution < -0.4 is 4.74 Å². The first kappa shape index (κ1) is 16.3. The summed E-state index contributed by atoms with van der Waals surface area (Å²) in [5, 5.41) is 18.4. The molecule has 8 heteroatoms. The van der Waals surface area contributed by atoms with E-state index in [0.717, 1.165) is 0 Å². The number of hydrogen-bond donors (Lipinski definition) is 1. The van der Waals surface area contributed by atoms with Crippen molar-refractivity contribution in [2.24, 2.45) is 0 Å². The number of esters is 1. The number of carbonyl (C=O) groups excluding carboxylic acids is 1. The average molecular weight is 297 g/mol. The lowest BCUT2D eigenvalue weighted by atomic mass is 10.2. The lowest BCUT2D eigenvalue weighted by molar-refractivity contribution is -0.757. The number of phenolic OH excluding ortho intramolecular Hbond substituents is 1. The second-order valence-corrected chi connectivity index (χ2v) is 3.84. The average Bonchev–Trinajstić information content (AvgIpc) is 2.45. The van der Waals surface area contributed by atoms with E-state index in [1.807, 2.05) is 0 Å². The summed E-state index contributed by atoms with van der Waals surface area (Å²) in [4.78, 5) is 25.3. The van der Waals surface area contributed by atoms with Crippen LogP contribution in [0.2, 0.25) is 0 Å². The van der Waals surface area contributed by atoms with Crippen molar-refractivity contribution in [3.63, 3.8) is 0 Å². The lowest BCUT2D eigenvalue weighted by Gasteiger charge is -2.04. The number of methoxy groups -OCH3 is 1. The van der Waals surface area contributed by atoms with Gasteiger partial charge < -0.3 is 19.4 Å². The number of ether oxygens (including phenoxy) is 2. The van der Waals surface area contributed by atoms with Crippen molar-refractivity contribution in [2.75, 3.05) is 20.3 Å². The van der Waals surface area contributed by atoms with Gasteiger partial charge in [-0.1, -0.05) is 6.07 Å². The maximum atomic E-state index is 11.4. The predicted octanol–water partition coefficient (Wildman–Crippen LogP) is 1.56.